The molecule has 0 fully saturated rings. The van der Waals surface area contributed by atoms with Crippen molar-refractivity contribution >= 4 is 35.2 Å². The molecule has 0 aliphatic carbocycles. The predicted octanol–water partition coefficient (Wildman–Crippen LogP) is 3.89. The fraction of sp³-hybridized carbons (Fsp3) is 0.286. The van der Waals surface area contributed by atoms with Gasteiger partial charge in [0.25, 0.3) is 0 Å². The topological polar surface area (TPSA) is 99.0 Å². The molecule has 31 heavy (non-hydrogen) atoms. The van der Waals surface area contributed by atoms with E-state index in [2.05, 4.69) is 20.8 Å². The molecule has 3 rings (SSSR count). The number of aromatic nitrogens is 4. The fourth-order valence-corrected chi connectivity index (χ4v) is 3.66. The first-order chi connectivity index (χ1) is 15.0. The number of hydrogen-bond donors (Lipinski definition) is 1. The summed E-state index contributed by atoms with van der Waals surface area (Å²) in [6.07, 6.45) is -0.213. The van der Waals surface area contributed by atoms with E-state index in [1.165, 1.54) is 16.4 Å². The van der Waals surface area contributed by atoms with E-state index >= 15 is 0 Å². The number of tetrazole rings is 1. The number of alkyl carbamates (subject to hydrolysis) is 1. The summed E-state index contributed by atoms with van der Waals surface area (Å²) in [4.78, 5) is 25.8. The average molecular weight is 460 g/mol. The molecule has 1 aromatic heterocycles. The number of amides is 1. The Labute approximate surface area is 189 Å². The number of nitrogens with zero attached hydrogens (tertiary/aromatic N) is 4. The van der Waals surface area contributed by atoms with Gasteiger partial charge in [-0.2, -0.15) is 0 Å². The first-order valence-corrected chi connectivity index (χ1v) is 11.0. The monoisotopic (exact) mass is 459 g/mol. The summed E-state index contributed by atoms with van der Waals surface area (Å²) >= 11 is 7.44. The first-order valence-electron chi connectivity index (χ1n) is 9.68. The first kappa shape index (κ1) is 22.8. The van der Waals surface area contributed by atoms with Gasteiger partial charge in [0.2, 0.25) is 0 Å². The molecule has 0 aliphatic rings. The van der Waals surface area contributed by atoms with Gasteiger partial charge < -0.3 is 10.1 Å². The molecule has 1 amide bonds. The zero-order valence-corrected chi connectivity index (χ0v) is 18.5. The largest absolute Gasteiger partial charge is 0.445 e. The summed E-state index contributed by atoms with van der Waals surface area (Å²) < 4.78 is 6.65. The van der Waals surface area contributed by atoms with E-state index in [1.54, 1.807) is 0 Å². The van der Waals surface area contributed by atoms with Crippen LogP contribution in [0.3, 0.4) is 0 Å². The van der Waals surface area contributed by atoms with E-state index in [-0.39, 0.29) is 18.9 Å². The molecular formula is C21H22ClN5O3S. The highest BCUT2D eigenvalue weighted by molar-refractivity contribution is 7.98. The van der Waals surface area contributed by atoms with Crippen LogP contribution in [0.1, 0.15) is 24.7 Å². The van der Waals surface area contributed by atoms with E-state index in [1.807, 2.05) is 61.5 Å². The SMILES string of the molecule is CCC(NC(=O)OCc1ccccc1)C(=O)Cn1nnnc1CSc1ccc(Cl)cc1. The summed E-state index contributed by atoms with van der Waals surface area (Å²) in [7, 11) is 0. The lowest BCUT2D eigenvalue weighted by molar-refractivity contribution is -0.121. The van der Waals surface area contributed by atoms with Crippen molar-refractivity contribution in [2.45, 2.75) is 43.2 Å². The van der Waals surface area contributed by atoms with Gasteiger partial charge in [-0.05, 0) is 46.7 Å². The molecule has 1 atom stereocenters. The number of benzene rings is 2. The number of carbonyl (C=O) groups excluding carboxylic acids is 2. The molecule has 1 unspecified atom stereocenters. The number of ether oxygens (including phenoxy) is 1. The van der Waals surface area contributed by atoms with Crippen molar-refractivity contribution in [3.8, 4) is 0 Å². The molecule has 0 bridgehead atoms. The minimum absolute atomic E-state index is 0.0407. The second kappa shape index (κ2) is 11.5. The van der Waals surface area contributed by atoms with Crippen molar-refractivity contribution < 1.29 is 14.3 Å². The zero-order valence-electron chi connectivity index (χ0n) is 16.9. The molecule has 0 radical (unpaired) electrons. The Morgan fingerprint density at radius 3 is 2.61 bits per heavy atom. The molecule has 0 saturated heterocycles. The van der Waals surface area contributed by atoms with Gasteiger partial charge in [0, 0.05) is 9.92 Å². The summed E-state index contributed by atoms with van der Waals surface area (Å²) in [6, 6.07) is 16.1. The van der Waals surface area contributed by atoms with Crippen molar-refractivity contribution in [1.82, 2.24) is 25.5 Å². The zero-order chi connectivity index (χ0) is 22.1. The number of rotatable bonds is 10. The second-order valence-corrected chi connectivity index (χ2v) is 8.11. The van der Waals surface area contributed by atoms with Crippen LogP contribution in [0.4, 0.5) is 4.79 Å². The minimum Gasteiger partial charge on any atom is -0.445 e. The van der Waals surface area contributed by atoms with Crippen molar-refractivity contribution in [1.29, 1.82) is 0 Å². The summed E-state index contributed by atoms with van der Waals surface area (Å²) in [5.41, 5.74) is 0.869. The molecule has 2 aromatic carbocycles. The maximum absolute atomic E-state index is 12.7. The Balaban J connectivity index is 1.51. The molecule has 0 spiro atoms. The van der Waals surface area contributed by atoms with Crippen molar-refractivity contribution in [3.05, 3.63) is 71.0 Å². The maximum Gasteiger partial charge on any atom is 0.408 e. The summed E-state index contributed by atoms with van der Waals surface area (Å²) in [6.45, 7) is 1.91. The third-order valence-electron chi connectivity index (χ3n) is 4.39. The molecule has 1 N–H and O–H groups in total. The molecule has 0 aliphatic heterocycles. The van der Waals surface area contributed by atoms with Crippen molar-refractivity contribution in [2.24, 2.45) is 0 Å². The minimum atomic E-state index is -0.691. The van der Waals surface area contributed by atoms with Gasteiger partial charge in [-0.25, -0.2) is 9.48 Å². The van der Waals surface area contributed by atoms with Crippen LogP contribution in [0.5, 0.6) is 0 Å². The number of hydrogen-bond acceptors (Lipinski definition) is 7. The van der Waals surface area contributed by atoms with Gasteiger partial charge in [-0.1, -0.05) is 48.9 Å². The van der Waals surface area contributed by atoms with Gasteiger partial charge in [-0.15, -0.1) is 16.9 Å². The maximum atomic E-state index is 12.7. The lowest BCUT2D eigenvalue weighted by atomic mass is 10.1. The summed E-state index contributed by atoms with van der Waals surface area (Å²) in [5.74, 6) is 0.852. The molecule has 0 saturated carbocycles. The van der Waals surface area contributed by atoms with Gasteiger partial charge in [0.15, 0.2) is 11.6 Å². The van der Waals surface area contributed by atoms with Gasteiger partial charge in [0.1, 0.15) is 13.2 Å². The molecule has 10 heteroatoms. The Kier molecular flexibility index (Phi) is 8.43. The van der Waals surface area contributed by atoms with Crippen LogP contribution < -0.4 is 5.32 Å². The molecule has 8 nitrogen and oxygen atoms in total. The normalized spacial score (nSPS) is 11.7. The van der Waals surface area contributed by atoms with Crippen LogP contribution in [-0.2, 0) is 28.4 Å². The predicted molar refractivity (Wildman–Crippen MR) is 118 cm³/mol. The third-order valence-corrected chi connectivity index (χ3v) is 5.65. The lowest BCUT2D eigenvalue weighted by Crippen LogP contribution is -2.42. The van der Waals surface area contributed by atoms with E-state index in [0.29, 0.717) is 23.0 Å². The van der Waals surface area contributed by atoms with Gasteiger partial charge >= 0.3 is 6.09 Å². The molecule has 3 aromatic rings. The van der Waals surface area contributed by atoms with Gasteiger partial charge in [-0.3, -0.25) is 4.79 Å². The van der Waals surface area contributed by atoms with Crippen LogP contribution in [0, 0.1) is 0 Å². The number of Topliss-reactive ketones (excluding diaryl/α,β-unsaturated/α-hetero) is 1. The van der Waals surface area contributed by atoms with Crippen molar-refractivity contribution in [2.75, 3.05) is 0 Å². The van der Waals surface area contributed by atoms with Gasteiger partial charge in [0.05, 0.1) is 11.8 Å². The molecule has 162 valence electrons. The number of nitrogens with one attached hydrogen (secondary N) is 1. The van der Waals surface area contributed by atoms with Crippen LogP contribution in [-0.4, -0.2) is 38.1 Å². The molecule has 1 heterocycles. The smallest absolute Gasteiger partial charge is 0.408 e. The van der Waals surface area contributed by atoms with Crippen LogP contribution in [0.2, 0.25) is 5.02 Å². The van der Waals surface area contributed by atoms with E-state index in [0.717, 1.165) is 10.5 Å². The quantitative estimate of drug-likeness (QED) is 0.459. The fourth-order valence-electron chi connectivity index (χ4n) is 2.70. The number of ketones is 1. The Hall–Kier alpha value is -2.91. The standard InChI is InChI=1S/C21H22ClN5O3S/c1-2-18(23-21(29)30-13-15-6-4-3-5-7-15)19(28)12-27-20(24-25-26-27)14-31-17-10-8-16(22)9-11-17/h3-11,18H,2,12-14H2,1H3,(H,23,29). The highest BCUT2D eigenvalue weighted by atomic mass is 35.5. The highest BCUT2D eigenvalue weighted by Gasteiger charge is 2.21. The average Bonchev–Trinajstić information content (AvgIpc) is 3.23. The third kappa shape index (κ3) is 7.08. The number of carbonyl (C=O) groups is 2. The van der Waals surface area contributed by atoms with E-state index in [9.17, 15) is 9.59 Å². The van der Waals surface area contributed by atoms with Crippen LogP contribution in [0.25, 0.3) is 0 Å². The van der Waals surface area contributed by atoms with Crippen LogP contribution in [0.15, 0.2) is 59.5 Å². The van der Waals surface area contributed by atoms with Crippen molar-refractivity contribution in [3.63, 3.8) is 0 Å². The Morgan fingerprint density at radius 1 is 1.16 bits per heavy atom. The second-order valence-electron chi connectivity index (χ2n) is 6.63. The number of thioether (sulfide) groups is 1. The summed E-state index contributed by atoms with van der Waals surface area (Å²) in [5, 5.41) is 14.9. The molecular weight excluding hydrogens is 438 g/mol. The van der Waals surface area contributed by atoms with E-state index in [4.69, 9.17) is 16.3 Å². The Morgan fingerprint density at radius 2 is 1.90 bits per heavy atom. The highest BCUT2D eigenvalue weighted by Crippen LogP contribution is 2.23. The number of halogens is 1. The van der Waals surface area contributed by atoms with E-state index < -0.39 is 12.1 Å². The Bertz CT molecular complexity index is 998. The van der Waals surface area contributed by atoms with Crippen LogP contribution >= 0.6 is 23.4 Å². The lowest BCUT2D eigenvalue weighted by Gasteiger charge is -2.16.